The Balaban J connectivity index is 1.17. The molecular formula is C22H32N5O+3. The zero-order valence-electron chi connectivity index (χ0n) is 16.5. The molecule has 0 saturated carbocycles. The largest absolute Gasteiger partial charge is 0.343 e. The summed E-state index contributed by atoms with van der Waals surface area (Å²) in [4.78, 5) is 21.1. The monoisotopic (exact) mass is 382 g/mol. The van der Waals surface area contributed by atoms with Gasteiger partial charge in [0.05, 0.1) is 25.3 Å². The number of hydrogen-bond acceptors (Lipinski definition) is 2. The van der Waals surface area contributed by atoms with Gasteiger partial charge >= 0.3 is 0 Å². The van der Waals surface area contributed by atoms with Gasteiger partial charge in [0.15, 0.2) is 6.54 Å². The number of quaternary nitrogens is 2. The highest BCUT2D eigenvalue weighted by molar-refractivity contribution is 5.77. The summed E-state index contributed by atoms with van der Waals surface area (Å²) in [6.07, 6.45) is 3.05. The standard InChI is InChI=1S/C22H29N5O/c28-22(18-25-12-14-27(15-13-25)21-8-4-5-10-23-21)24-20-9-11-26(17-20)16-19-6-2-1-3-7-19/h1-8,10,20H,9,11-18H2,(H,24,28)/p+3/t20-/m0/s1. The van der Waals surface area contributed by atoms with E-state index in [1.807, 2.05) is 12.3 Å². The molecule has 1 aromatic carbocycles. The summed E-state index contributed by atoms with van der Waals surface area (Å²) in [5, 5.41) is 3.28. The van der Waals surface area contributed by atoms with E-state index in [1.165, 1.54) is 16.3 Å². The molecule has 4 N–H and O–H groups in total. The number of piperazine rings is 1. The van der Waals surface area contributed by atoms with Gasteiger partial charge in [-0.25, -0.2) is 4.98 Å². The highest BCUT2D eigenvalue weighted by Crippen LogP contribution is 2.04. The number of benzene rings is 1. The number of nitrogens with one attached hydrogen (secondary N) is 4. The number of anilines is 1. The van der Waals surface area contributed by atoms with Crippen LogP contribution < -0.4 is 25.0 Å². The molecule has 6 nitrogen and oxygen atoms in total. The summed E-state index contributed by atoms with van der Waals surface area (Å²) in [7, 11) is 0. The zero-order chi connectivity index (χ0) is 19.2. The van der Waals surface area contributed by atoms with Gasteiger partial charge in [-0.2, -0.15) is 0 Å². The predicted molar refractivity (Wildman–Crippen MR) is 108 cm³/mol. The van der Waals surface area contributed by atoms with E-state index in [2.05, 4.69) is 57.7 Å². The molecule has 6 heteroatoms. The number of pyridine rings is 1. The maximum Gasteiger partial charge on any atom is 0.275 e. The molecule has 1 amide bonds. The molecule has 2 aliphatic heterocycles. The Morgan fingerprint density at radius 3 is 2.57 bits per heavy atom. The van der Waals surface area contributed by atoms with Crippen LogP contribution in [0.3, 0.4) is 0 Å². The molecule has 2 fully saturated rings. The molecule has 1 aromatic heterocycles. The van der Waals surface area contributed by atoms with Crippen molar-refractivity contribution in [2.24, 2.45) is 0 Å². The average molecular weight is 383 g/mol. The third-order valence-electron chi connectivity index (χ3n) is 5.96. The second kappa shape index (κ2) is 9.17. The Morgan fingerprint density at radius 1 is 1.04 bits per heavy atom. The molecule has 2 saturated heterocycles. The van der Waals surface area contributed by atoms with E-state index in [0.29, 0.717) is 12.6 Å². The van der Waals surface area contributed by atoms with Crippen LogP contribution in [0, 0.1) is 0 Å². The first-order valence-corrected chi connectivity index (χ1v) is 10.5. The topological polar surface area (TPSA) is 55.4 Å². The number of carbonyl (C=O) groups is 1. The lowest BCUT2D eigenvalue weighted by molar-refractivity contribution is -0.901. The van der Waals surface area contributed by atoms with Gasteiger partial charge in [-0.1, -0.05) is 36.4 Å². The normalized spacial score (nSPS) is 22.9. The van der Waals surface area contributed by atoms with Crippen LogP contribution in [0.25, 0.3) is 0 Å². The lowest BCUT2D eigenvalue weighted by Gasteiger charge is -2.28. The smallest absolute Gasteiger partial charge is 0.275 e. The summed E-state index contributed by atoms with van der Waals surface area (Å²) < 4.78 is 0. The number of carbonyl (C=O) groups excluding carboxylic acids is 1. The maximum atomic E-state index is 12.5. The van der Waals surface area contributed by atoms with Gasteiger partial charge in [-0.3, -0.25) is 9.69 Å². The van der Waals surface area contributed by atoms with Crippen molar-refractivity contribution < 1.29 is 19.6 Å². The van der Waals surface area contributed by atoms with Crippen LogP contribution in [0.2, 0.25) is 0 Å². The first kappa shape index (κ1) is 18.9. The molecule has 148 valence electrons. The Kier molecular flexibility index (Phi) is 6.19. The molecule has 0 spiro atoms. The van der Waals surface area contributed by atoms with Gasteiger partial charge in [0.25, 0.3) is 11.7 Å². The third kappa shape index (κ3) is 5.09. The first-order valence-electron chi connectivity index (χ1n) is 10.5. The second-order valence-corrected chi connectivity index (χ2v) is 8.08. The van der Waals surface area contributed by atoms with E-state index >= 15 is 0 Å². The summed E-state index contributed by atoms with van der Waals surface area (Å²) >= 11 is 0. The number of likely N-dealkylation sites (tertiary alicyclic amines) is 1. The average Bonchev–Trinajstić information content (AvgIpc) is 3.16. The minimum absolute atomic E-state index is 0.209. The minimum Gasteiger partial charge on any atom is -0.343 e. The van der Waals surface area contributed by atoms with Crippen molar-refractivity contribution in [1.29, 1.82) is 0 Å². The lowest BCUT2D eigenvalue weighted by Crippen LogP contribution is -3.16. The van der Waals surface area contributed by atoms with Crippen molar-refractivity contribution in [3.63, 3.8) is 0 Å². The van der Waals surface area contributed by atoms with Crippen LogP contribution in [0.4, 0.5) is 5.82 Å². The fourth-order valence-corrected chi connectivity index (χ4v) is 4.43. The highest BCUT2D eigenvalue weighted by Gasteiger charge is 2.30. The fraction of sp³-hybridized carbons (Fsp3) is 0.455. The summed E-state index contributed by atoms with van der Waals surface area (Å²) in [6.45, 7) is 7.81. The van der Waals surface area contributed by atoms with Gasteiger partial charge in [0.2, 0.25) is 0 Å². The predicted octanol–water partition coefficient (Wildman–Crippen LogP) is -1.82. The van der Waals surface area contributed by atoms with Gasteiger partial charge < -0.3 is 15.1 Å². The molecule has 4 rings (SSSR count). The number of H-pyrrole nitrogens is 1. The zero-order valence-corrected chi connectivity index (χ0v) is 16.5. The second-order valence-electron chi connectivity index (χ2n) is 8.08. The molecule has 2 aromatic rings. The van der Waals surface area contributed by atoms with Crippen molar-refractivity contribution in [1.82, 2.24) is 5.32 Å². The SMILES string of the molecule is O=C(C[NH+]1CCN(c2cccc[nH+]2)CC1)N[C@H]1CC[NH+](Cc2ccccc2)C1. The molecule has 0 radical (unpaired) electrons. The highest BCUT2D eigenvalue weighted by atomic mass is 16.2. The number of nitrogens with zero attached hydrogens (tertiary/aromatic N) is 1. The van der Waals surface area contributed by atoms with Crippen molar-refractivity contribution in [2.45, 2.75) is 19.0 Å². The van der Waals surface area contributed by atoms with Crippen molar-refractivity contribution in [2.75, 3.05) is 50.7 Å². The number of aromatic nitrogens is 1. The Bertz CT molecular complexity index is 740. The summed E-state index contributed by atoms with van der Waals surface area (Å²) in [5.74, 6) is 1.37. The minimum atomic E-state index is 0.209. The molecule has 28 heavy (non-hydrogen) atoms. The Labute approximate surface area is 167 Å². The molecule has 2 aliphatic rings. The van der Waals surface area contributed by atoms with Gasteiger partial charge in [-0.05, 0) is 6.07 Å². The van der Waals surface area contributed by atoms with Crippen LogP contribution in [0.5, 0.6) is 0 Å². The molecule has 1 unspecified atom stereocenters. The number of hydrogen-bond donors (Lipinski definition) is 3. The lowest BCUT2D eigenvalue weighted by atomic mass is 10.2. The Hall–Kier alpha value is -2.44. The molecule has 2 atom stereocenters. The van der Waals surface area contributed by atoms with Gasteiger partial charge in [0, 0.05) is 18.1 Å². The van der Waals surface area contributed by atoms with Gasteiger partial charge in [-0.15, -0.1) is 0 Å². The van der Waals surface area contributed by atoms with E-state index in [0.717, 1.165) is 52.2 Å². The number of amides is 1. The van der Waals surface area contributed by atoms with Crippen LogP contribution in [0.1, 0.15) is 12.0 Å². The van der Waals surface area contributed by atoms with E-state index in [1.54, 1.807) is 4.90 Å². The van der Waals surface area contributed by atoms with Crippen molar-refractivity contribution >= 4 is 11.7 Å². The summed E-state index contributed by atoms with van der Waals surface area (Å²) in [5.41, 5.74) is 1.38. The quantitative estimate of drug-likeness (QED) is 0.551. The molecule has 0 aliphatic carbocycles. The van der Waals surface area contributed by atoms with Crippen LogP contribution in [-0.4, -0.2) is 57.8 Å². The van der Waals surface area contributed by atoms with Crippen LogP contribution in [-0.2, 0) is 11.3 Å². The molecule has 0 bridgehead atoms. The maximum absolute atomic E-state index is 12.5. The van der Waals surface area contributed by atoms with E-state index in [9.17, 15) is 4.79 Å². The van der Waals surface area contributed by atoms with Crippen molar-refractivity contribution in [3.8, 4) is 0 Å². The third-order valence-corrected chi connectivity index (χ3v) is 5.96. The Morgan fingerprint density at radius 2 is 1.82 bits per heavy atom. The van der Waals surface area contributed by atoms with E-state index < -0.39 is 0 Å². The number of rotatable bonds is 6. The fourth-order valence-electron chi connectivity index (χ4n) is 4.43. The van der Waals surface area contributed by atoms with Crippen LogP contribution >= 0.6 is 0 Å². The molecular weight excluding hydrogens is 350 g/mol. The molecule has 3 heterocycles. The van der Waals surface area contributed by atoms with E-state index in [4.69, 9.17) is 0 Å². The van der Waals surface area contributed by atoms with Crippen molar-refractivity contribution in [3.05, 3.63) is 60.3 Å². The number of aromatic amines is 1. The summed E-state index contributed by atoms with van der Waals surface area (Å²) in [6, 6.07) is 17.1. The van der Waals surface area contributed by atoms with Gasteiger partial charge in [0.1, 0.15) is 32.7 Å². The first-order chi connectivity index (χ1) is 13.8. The van der Waals surface area contributed by atoms with Crippen LogP contribution in [0.15, 0.2) is 54.7 Å². The van der Waals surface area contributed by atoms with E-state index in [-0.39, 0.29) is 5.91 Å².